The van der Waals surface area contributed by atoms with Crippen LogP contribution in [0.25, 0.3) is 0 Å². The average molecular weight is 395 g/mol. The van der Waals surface area contributed by atoms with Gasteiger partial charge >= 0.3 is 0 Å². The van der Waals surface area contributed by atoms with Crippen molar-refractivity contribution in [1.29, 1.82) is 0 Å². The summed E-state index contributed by atoms with van der Waals surface area (Å²) in [6.45, 7) is 5.69. The van der Waals surface area contributed by atoms with Crippen LogP contribution in [0.15, 0.2) is 59.6 Å². The van der Waals surface area contributed by atoms with Gasteiger partial charge in [0.15, 0.2) is 6.17 Å². The van der Waals surface area contributed by atoms with E-state index in [2.05, 4.69) is 43.0 Å². The van der Waals surface area contributed by atoms with Crippen molar-refractivity contribution in [2.45, 2.75) is 69.9 Å². The minimum atomic E-state index is -1.03. The molecule has 2 aromatic rings. The first-order chi connectivity index (χ1) is 13.9. The molecule has 2 saturated heterocycles. The monoisotopic (exact) mass is 394 g/mol. The summed E-state index contributed by atoms with van der Waals surface area (Å²) >= 11 is 0. The maximum Gasteiger partial charge on any atom is 0.156 e. The number of aliphatic imine (C=N–C) groups is 1. The minimum absolute atomic E-state index is 0.0644. The van der Waals surface area contributed by atoms with Crippen molar-refractivity contribution in [3.63, 3.8) is 0 Å². The van der Waals surface area contributed by atoms with E-state index in [0.717, 1.165) is 42.8 Å². The molecular weight excluding hydrogens is 363 g/mol. The van der Waals surface area contributed by atoms with Crippen molar-refractivity contribution in [3.05, 3.63) is 65.7 Å². The number of hydrogen-bond acceptors (Lipinski definition) is 3. The smallest absolute Gasteiger partial charge is 0.156 e. The number of piperidine rings is 2. The lowest BCUT2D eigenvalue weighted by molar-refractivity contribution is -0.0903. The molecule has 2 aliphatic rings. The van der Waals surface area contributed by atoms with Crippen LogP contribution in [0.5, 0.6) is 5.75 Å². The summed E-state index contributed by atoms with van der Waals surface area (Å²) in [5.74, 6) is 0.851. The second-order valence-corrected chi connectivity index (χ2v) is 8.97. The zero-order valence-corrected chi connectivity index (χ0v) is 17.7. The molecule has 29 heavy (non-hydrogen) atoms. The van der Waals surface area contributed by atoms with Crippen LogP contribution in [-0.4, -0.2) is 35.0 Å². The Labute approximate surface area is 173 Å². The van der Waals surface area contributed by atoms with Crippen LogP contribution < -0.4 is 4.74 Å². The Bertz CT molecular complexity index is 866. The standard InChI is InChI=1S/C25H31FN2O/c1-24-14-7-15-25(2,28(24)18-20-10-12-21(29-3)13-11-20)23(26)22(16-24)27-17-19-8-5-4-6-9-19/h4-6,8-13,23H,7,14-18H2,1-3H3/t23-,24-,25+/m1/s1. The van der Waals surface area contributed by atoms with Crippen molar-refractivity contribution in [2.75, 3.05) is 7.11 Å². The number of nitrogens with zero attached hydrogens (tertiary/aromatic N) is 2. The number of ether oxygens (including phenoxy) is 1. The highest BCUT2D eigenvalue weighted by atomic mass is 19.1. The SMILES string of the molecule is COc1ccc(CN2[C@]3(C)CCC[C@@]2(C)[C@H](F)C(=NCc2ccccc2)C3)cc1. The minimum Gasteiger partial charge on any atom is -0.497 e. The first-order valence-electron chi connectivity index (χ1n) is 10.6. The molecule has 2 aromatic carbocycles. The van der Waals surface area contributed by atoms with E-state index in [-0.39, 0.29) is 5.54 Å². The van der Waals surface area contributed by atoms with Gasteiger partial charge in [0.2, 0.25) is 0 Å². The van der Waals surface area contributed by atoms with Crippen LogP contribution in [0.1, 0.15) is 50.7 Å². The Morgan fingerprint density at radius 1 is 1.03 bits per heavy atom. The zero-order valence-electron chi connectivity index (χ0n) is 17.7. The molecule has 0 spiro atoms. The van der Waals surface area contributed by atoms with Crippen LogP contribution in [0.4, 0.5) is 4.39 Å². The van der Waals surface area contributed by atoms with Crippen molar-refractivity contribution in [3.8, 4) is 5.75 Å². The lowest BCUT2D eigenvalue weighted by atomic mass is 9.67. The molecule has 2 bridgehead atoms. The van der Waals surface area contributed by atoms with E-state index in [9.17, 15) is 0 Å². The van der Waals surface area contributed by atoms with Gasteiger partial charge in [-0.25, -0.2) is 4.39 Å². The van der Waals surface area contributed by atoms with E-state index < -0.39 is 11.7 Å². The lowest BCUT2D eigenvalue weighted by Crippen LogP contribution is -2.70. The van der Waals surface area contributed by atoms with Crippen molar-refractivity contribution in [2.24, 2.45) is 4.99 Å². The molecule has 154 valence electrons. The highest BCUT2D eigenvalue weighted by Crippen LogP contribution is 2.49. The van der Waals surface area contributed by atoms with Crippen LogP contribution in [0.3, 0.4) is 0 Å². The van der Waals surface area contributed by atoms with Crippen molar-refractivity contribution >= 4 is 5.71 Å². The van der Waals surface area contributed by atoms with Crippen molar-refractivity contribution < 1.29 is 9.13 Å². The van der Waals surface area contributed by atoms with Crippen LogP contribution >= 0.6 is 0 Å². The summed E-state index contributed by atoms with van der Waals surface area (Å²) in [6, 6.07) is 18.3. The van der Waals surface area contributed by atoms with E-state index in [4.69, 9.17) is 9.73 Å². The summed E-state index contributed by atoms with van der Waals surface area (Å²) in [4.78, 5) is 7.18. The fraction of sp³-hybridized carbons (Fsp3) is 0.480. The van der Waals surface area contributed by atoms with Gasteiger partial charge in [0, 0.05) is 18.5 Å². The third-order valence-corrected chi connectivity index (χ3v) is 6.87. The Hall–Kier alpha value is -2.20. The summed E-state index contributed by atoms with van der Waals surface area (Å²) < 4.78 is 21.1. The lowest BCUT2D eigenvalue weighted by Gasteiger charge is -2.60. The molecule has 0 saturated carbocycles. The summed E-state index contributed by atoms with van der Waals surface area (Å²) in [7, 11) is 1.68. The van der Waals surface area contributed by atoms with E-state index >= 15 is 4.39 Å². The van der Waals surface area contributed by atoms with E-state index in [1.54, 1.807) is 7.11 Å². The quantitative estimate of drug-likeness (QED) is 0.661. The third-order valence-electron chi connectivity index (χ3n) is 6.87. The molecule has 0 N–H and O–H groups in total. The van der Waals surface area contributed by atoms with Gasteiger partial charge in [-0.3, -0.25) is 9.89 Å². The number of fused-ring (bicyclic) bond motifs is 2. The molecule has 4 heteroatoms. The number of hydrogen-bond donors (Lipinski definition) is 0. The molecule has 0 amide bonds. The van der Waals surface area contributed by atoms with Gasteiger partial charge in [0.25, 0.3) is 0 Å². The number of rotatable bonds is 5. The maximum absolute atomic E-state index is 15.9. The van der Waals surface area contributed by atoms with Crippen LogP contribution in [0, 0.1) is 0 Å². The number of benzene rings is 2. The third kappa shape index (κ3) is 3.83. The molecule has 0 aromatic heterocycles. The molecule has 3 atom stereocenters. The Kier molecular flexibility index (Phi) is 5.48. The molecule has 0 radical (unpaired) electrons. The fourth-order valence-corrected chi connectivity index (χ4v) is 5.20. The molecule has 2 heterocycles. The average Bonchev–Trinajstić information content (AvgIpc) is 2.74. The summed E-state index contributed by atoms with van der Waals surface area (Å²) in [5, 5.41) is 0. The van der Waals surface area contributed by atoms with Gasteiger partial charge in [-0.15, -0.1) is 0 Å². The first kappa shape index (κ1) is 20.1. The Balaban J connectivity index is 1.60. The molecular formula is C25H31FN2O. The molecule has 3 nitrogen and oxygen atoms in total. The largest absolute Gasteiger partial charge is 0.497 e. The Morgan fingerprint density at radius 2 is 1.76 bits per heavy atom. The van der Waals surface area contributed by atoms with Crippen LogP contribution in [0.2, 0.25) is 0 Å². The van der Waals surface area contributed by atoms with Gasteiger partial charge in [-0.1, -0.05) is 42.5 Å². The Morgan fingerprint density at radius 3 is 2.45 bits per heavy atom. The predicted octanol–water partition coefficient (Wildman–Crippen LogP) is 5.58. The number of alkyl halides is 1. The highest BCUT2D eigenvalue weighted by Gasteiger charge is 2.56. The summed E-state index contributed by atoms with van der Waals surface area (Å²) in [6.07, 6.45) is 2.68. The second kappa shape index (κ2) is 7.91. The molecule has 4 rings (SSSR count). The molecule has 2 fully saturated rings. The van der Waals surface area contributed by atoms with Gasteiger partial charge in [-0.05, 0) is 56.4 Å². The van der Waals surface area contributed by atoms with E-state index in [0.29, 0.717) is 13.0 Å². The summed E-state index contributed by atoms with van der Waals surface area (Å²) in [5.41, 5.74) is 2.49. The van der Waals surface area contributed by atoms with Gasteiger partial charge in [0.05, 0.1) is 24.9 Å². The number of halogens is 1. The predicted molar refractivity (Wildman–Crippen MR) is 116 cm³/mol. The topological polar surface area (TPSA) is 24.8 Å². The van der Waals surface area contributed by atoms with E-state index in [1.165, 1.54) is 5.56 Å². The molecule has 0 aliphatic carbocycles. The van der Waals surface area contributed by atoms with Gasteiger partial charge in [-0.2, -0.15) is 0 Å². The van der Waals surface area contributed by atoms with Gasteiger partial charge < -0.3 is 4.74 Å². The molecule has 0 unspecified atom stereocenters. The van der Waals surface area contributed by atoms with E-state index in [1.807, 2.05) is 30.3 Å². The molecule has 2 aliphatic heterocycles. The normalized spacial score (nSPS) is 31.0. The maximum atomic E-state index is 15.9. The zero-order chi connectivity index (χ0) is 20.5. The fourth-order valence-electron chi connectivity index (χ4n) is 5.20. The van der Waals surface area contributed by atoms with Gasteiger partial charge in [0.1, 0.15) is 5.75 Å². The second-order valence-electron chi connectivity index (χ2n) is 8.97. The van der Waals surface area contributed by atoms with Crippen molar-refractivity contribution in [1.82, 2.24) is 4.90 Å². The number of methoxy groups -OCH3 is 1. The highest BCUT2D eigenvalue weighted by molar-refractivity contribution is 5.92. The first-order valence-corrected chi connectivity index (χ1v) is 10.6. The van der Waals surface area contributed by atoms with Crippen LogP contribution in [-0.2, 0) is 13.1 Å².